The van der Waals surface area contributed by atoms with Crippen LogP contribution >= 0.6 is 0 Å². The first kappa shape index (κ1) is 10.1. The van der Waals surface area contributed by atoms with Crippen LogP contribution in [0.2, 0.25) is 0 Å². The second kappa shape index (κ2) is 4.87. The standard InChI is InChI=1S/C11H16O2/c1-9(8-12)10(2)13-11-6-4-3-5-7-11/h3-7,9-10,12H,8H2,1-2H3/t9-,10+/m1/s1. The van der Waals surface area contributed by atoms with E-state index in [1.165, 1.54) is 0 Å². The minimum Gasteiger partial charge on any atom is -0.490 e. The summed E-state index contributed by atoms with van der Waals surface area (Å²) < 4.78 is 5.61. The highest BCUT2D eigenvalue weighted by atomic mass is 16.5. The monoisotopic (exact) mass is 180 g/mol. The van der Waals surface area contributed by atoms with E-state index in [1.807, 2.05) is 44.2 Å². The van der Waals surface area contributed by atoms with Gasteiger partial charge in [-0.2, -0.15) is 0 Å². The lowest BCUT2D eigenvalue weighted by Crippen LogP contribution is -2.23. The topological polar surface area (TPSA) is 29.5 Å². The van der Waals surface area contributed by atoms with Gasteiger partial charge in [-0.25, -0.2) is 0 Å². The fraction of sp³-hybridized carbons (Fsp3) is 0.455. The van der Waals surface area contributed by atoms with Crippen LogP contribution in [-0.4, -0.2) is 17.8 Å². The van der Waals surface area contributed by atoms with E-state index >= 15 is 0 Å². The summed E-state index contributed by atoms with van der Waals surface area (Å²) in [6.07, 6.45) is 0.0485. The van der Waals surface area contributed by atoms with Crippen LogP contribution < -0.4 is 4.74 Å². The molecule has 0 saturated heterocycles. The Morgan fingerprint density at radius 2 is 1.85 bits per heavy atom. The van der Waals surface area contributed by atoms with Crippen molar-refractivity contribution >= 4 is 0 Å². The molecule has 0 radical (unpaired) electrons. The molecule has 0 aliphatic heterocycles. The first-order valence-electron chi connectivity index (χ1n) is 4.56. The second-order valence-corrected chi connectivity index (χ2v) is 3.30. The van der Waals surface area contributed by atoms with Crippen LogP contribution in [0.1, 0.15) is 13.8 Å². The van der Waals surface area contributed by atoms with Crippen LogP contribution in [0, 0.1) is 5.92 Å². The van der Waals surface area contributed by atoms with Crippen molar-refractivity contribution < 1.29 is 9.84 Å². The maximum atomic E-state index is 8.90. The summed E-state index contributed by atoms with van der Waals surface area (Å²) in [5.74, 6) is 1.02. The molecule has 1 aromatic rings. The molecule has 13 heavy (non-hydrogen) atoms. The third kappa shape index (κ3) is 3.07. The molecule has 0 saturated carbocycles. The SMILES string of the molecule is C[C@H](CO)[C@H](C)Oc1ccccc1. The Bertz CT molecular complexity index is 233. The maximum Gasteiger partial charge on any atom is 0.119 e. The maximum absolute atomic E-state index is 8.90. The Balaban J connectivity index is 2.50. The molecule has 1 rings (SSSR count). The number of para-hydroxylation sites is 1. The van der Waals surface area contributed by atoms with E-state index in [9.17, 15) is 0 Å². The van der Waals surface area contributed by atoms with Crippen molar-refractivity contribution in [3.05, 3.63) is 30.3 Å². The molecule has 1 N–H and O–H groups in total. The summed E-state index contributed by atoms with van der Waals surface area (Å²) in [4.78, 5) is 0. The summed E-state index contributed by atoms with van der Waals surface area (Å²) in [5, 5.41) is 8.90. The smallest absolute Gasteiger partial charge is 0.119 e. The molecule has 0 amide bonds. The number of hydrogen-bond donors (Lipinski definition) is 1. The van der Waals surface area contributed by atoms with E-state index in [-0.39, 0.29) is 18.6 Å². The van der Waals surface area contributed by atoms with Crippen molar-refractivity contribution in [3.63, 3.8) is 0 Å². The van der Waals surface area contributed by atoms with Gasteiger partial charge in [-0.3, -0.25) is 0 Å². The number of ether oxygens (including phenoxy) is 1. The van der Waals surface area contributed by atoms with E-state index in [1.54, 1.807) is 0 Å². The van der Waals surface area contributed by atoms with Crippen molar-refractivity contribution in [2.75, 3.05) is 6.61 Å². The van der Waals surface area contributed by atoms with Gasteiger partial charge in [0, 0.05) is 12.5 Å². The molecule has 0 aromatic heterocycles. The van der Waals surface area contributed by atoms with Crippen LogP contribution in [-0.2, 0) is 0 Å². The van der Waals surface area contributed by atoms with E-state index in [0.717, 1.165) is 5.75 Å². The minimum absolute atomic E-state index is 0.0485. The predicted molar refractivity (Wildman–Crippen MR) is 52.8 cm³/mol. The van der Waals surface area contributed by atoms with Crippen molar-refractivity contribution in [1.29, 1.82) is 0 Å². The largest absolute Gasteiger partial charge is 0.490 e. The van der Waals surface area contributed by atoms with Crippen LogP contribution in [0.4, 0.5) is 0 Å². The normalized spacial score (nSPS) is 15.0. The zero-order valence-electron chi connectivity index (χ0n) is 8.10. The average Bonchev–Trinajstić information content (AvgIpc) is 2.18. The van der Waals surface area contributed by atoms with Crippen LogP contribution in [0.15, 0.2) is 30.3 Å². The van der Waals surface area contributed by atoms with Crippen LogP contribution in [0.3, 0.4) is 0 Å². The zero-order valence-corrected chi connectivity index (χ0v) is 8.10. The molecule has 2 heteroatoms. The fourth-order valence-electron chi connectivity index (χ4n) is 0.978. The molecule has 2 atom stereocenters. The second-order valence-electron chi connectivity index (χ2n) is 3.30. The lowest BCUT2D eigenvalue weighted by molar-refractivity contribution is 0.110. The highest BCUT2D eigenvalue weighted by Crippen LogP contribution is 2.14. The van der Waals surface area contributed by atoms with E-state index in [2.05, 4.69) is 0 Å². The van der Waals surface area contributed by atoms with Crippen LogP contribution in [0.5, 0.6) is 5.75 Å². The number of aliphatic hydroxyl groups excluding tert-OH is 1. The van der Waals surface area contributed by atoms with Gasteiger partial charge in [0.05, 0.1) is 0 Å². The molecule has 0 aliphatic carbocycles. The summed E-state index contributed by atoms with van der Waals surface area (Å²) in [7, 11) is 0. The van der Waals surface area contributed by atoms with Gasteiger partial charge in [0.15, 0.2) is 0 Å². The number of hydrogen-bond acceptors (Lipinski definition) is 2. The molecule has 0 fully saturated rings. The van der Waals surface area contributed by atoms with Crippen molar-refractivity contribution in [3.8, 4) is 5.75 Å². The van der Waals surface area contributed by atoms with Crippen molar-refractivity contribution in [1.82, 2.24) is 0 Å². The molecule has 0 bridgehead atoms. The molecule has 2 nitrogen and oxygen atoms in total. The Labute approximate surface area is 79.2 Å². The van der Waals surface area contributed by atoms with Gasteiger partial charge < -0.3 is 9.84 Å². The van der Waals surface area contributed by atoms with Crippen molar-refractivity contribution in [2.45, 2.75) is 20.0 Å². The summed E-state index contributed by atoms with van der Waals surface area (Å²) in [6, 6.07) is 9.66. The third-order valence-corrected chi connectivity index (χ3v) is 2.15. The molecule has 0 aliphatic rings. The Hall–Kier alpha value is -1.02. The van der Waals surface area contributed by atoms with Gasteiger partial charge in [-0.15, -0.1) is 0 Å². The zero-order chi connectivity index (χ0) is 9.68. The Kier molecular flexibility index (Phi) is 3.77. The first-order chi connectivity index (χ1) is 6.24. The molecular formula is C11H16O2. The summed E-state index contributed by atoms with van der Waals surface area (Å²) in [6.45, 7) is 4.09. The van der Waals surface area contributed by atoms with Gasteiger partial charge in [0.1, 0.15) is 11.9 Å². The van der Waals surface area contributed by atoms with E-state index < -0.39 is 0 Å². The molecular weight excluding hydrogens is 164 g/mol. The fourth-order valence-corrected chi connectivity index (χ4v) is 0.978. The lowest BCUT2D eigenvalue weighted by Gasteiger charge is -2.19. The number of benzene rings is 1. The quantitative estimate of drug-likeness (QED) is 0.768. The summed E-state index contributed by atoms with van der Waals surface area (Å²) >= 11 is 0. The Morgan fingerprint density at radius 1 is 1.23 bits per heavy atom. The highest BCUT2D eigenvalue weighted by Gasteiger charge is 2.11. The molecule has 72 valence electrons. The van der Waals surface area contributed by atoms with E-state index in [0.29, 0.717) is 0 Å². The van der Waals surface area contributed by atoms with E-state index in [4.69, 9.17) is 9.84 Å². The van der Waals surface area contributed by atoms with Crippen LogP contribution in [0.25, 0.3) is 0 Å². The Morgan fingerprint density at radius 3 is 2.38 bits per heavy atom. The molecule has 0 spiro atoms. The minimum atomic E-state index is 0.0485. The number of rotatable bonds is 4. The van der Waals surface area contributed by atoms with Gasteiger partial charge in [-0.05, 0) is 19.1 Å². The molecule has 0 unspecified atom stereocenters. The first-order valence-corrected chi connectivity index (χ1v) is 4.56. The predicted octanol–water partition coefficient (Wildman–Crippen LogP) is 2.08. The van der Waals surface area contributed by atoms with Crippen molar-refractivity contribution in [2.24, 2.45) is 5.92 Å². The van der Waals surface area contributed by atoms with Gasteiger partial charge >= 0.3 is 0 Å². The highest BCUT2D eigenvalue weighted by molar-refractivity contribution is 5.21. The lowest BCUT2D eigenvalue weighted by atomic mass is 10.1. The van der Waals surface area contributed by atoms with Gasteiger partial charge in [0.25, 0.3) is 0 Å². The van der Waals surface area contributed by atoms with Gasteiger partial charge in [0.2, 0.25) is 0 Å². The molecule has 1 aromatic carbocycles. The van der Waals surface area contributed by atoms with Gasteiger partial charge in [-0.1, -0.05) is 25.1 Å². The average molecular weight is 180 g/mol. The summed E-state index contributed by atoms with van der Waals surface area (Å²) in [5.41, 5.74) is 0. The number of aliphatic hydroxyl groups is 1. The molecule has 0 heterocycles. The third-order valence-electron chi connectivity index (χ3n) is 2.15.